The Morgan fingerprint density at radius 2 is 1.23 bits per heavy atom. The summed E-state index contributed by atoms with van der Waals surface area (Å²) >= 11 is 0. The molecule has 1 heterocycles. The number of likely N-dealkylation sites (tertiary alicyclic amines) is 1. The summed E-state index contributed by atoms with van der Waals surface area (Å²) in [5, 5.41) is 0. The molecule has 0 spiro atoms. The molecule has 4 rings (SSSR count). The number of benzene rings is 3. The third kappa shape index (κ3) is 6.08. The van der Waals surface area contributed by atoms with E-state index in [-0.39, 0.29) is 12.4 Å². The molecule has 0 unspecified atom stereocenters. The predicted molar refractivity (Wildman–Crippen MR) is 131 cm³/mol. The van der Waals surface area contributed by atoms with Crippen LogP contribution in [0.1, 0.15) is 41.9 Å². The molecule has 0 saturated carbocycles. The lowest BCUT2D eigenvalue weighted by Gasteiger charge is -2.36. The Balaban J connectivity index is 0.00000256. The van der Waals surface area contributed by atoms with Crippen LogP contribution in [0.25, 0.3) is 6.08 Å². The molecule has 3 aromatic carbocycles. The second-order valence-electron chi connectivity index (χ2n) is 8.08. The van der Waals surface area contributed by atoms with Crippen molar-refractivity contribution in [2.45, 2.75) is 25.2 Å². The van der Waals surface area contributed by atoms with Crippen LogP contribution >= 0.6 is 12.4 Å². The Labute approximate surface area is 187 Å². The van der Waals surface area contributed by atoms with Gasteiger partial charge in [-0.2, -0.15) is 0 Å². The van der Waals surface area contributed by atoms with Gasteiger partial charge < -0.3 is 4.90 Å². The Kier molecular flexibility index (Phi) is 8.74. The van der Waals surface area contributed by atoms with Gasteiger partial charge in [-0.05, 0) is 55.0 Å². The molecule has 0 atom stereocenters. The van der Waals surface area contributed by atoms with Gasteiger partial charge in [0.05, 0.1) is 0 Å². The fourth-order valence-electron chi connectivity index (χ4n) is 4.61. The SMILES string of the molecule is C(=C\c1ccccc1)/CCN1CCC(C(c2ccccc2)c2ccccc2)CC1.Cl. The first-order valence-corrected chi connectivity index (χ1v) is 10.9. The molecule has 1 nitrogen and oxygen atoms in total. The van der Waals surface area contributed by atoms with Crippen LogP contribution in [0.4, 0.5) is 0 Å². The zero-order valence-corrected chi connectivity index (χ0v) is 18.4. The molecule has 0 radical (unpaired) electrons. The van der Waals surface area contributed by atoms with E-state index in [9.17, 15) is 0 Å². The van der Waals surface area contributed by atoms with Crippen molar-refractivity contribution in [1.82, 2.24) is 4.90 Å². The van der Waals surface area contributed by atoms with E-state index in [1.807, 2.05) is 0 Å². The number of hydrogen-bond donors (Lipinski definition) is 0. The van der Waals surface area contributed by atoms with Crippen molar-refractivity contribution in [3.05, 3.63) is 114 Å². The van der Waals surface area contributed by atoms with Crippen LogP contribution in [0.3, 0.4) is 0 Å². The summed E-state index contributed by atoms with van der Waals surface area (Å²) in [7, 11) is 0. The van der Waals surface area contributed by atoms with Gasteiger partial charge >= 0.3 is 0 Å². The van der Waals surface area contributed by atoms with E-state index < -0.39 is 0 Å². The minimum Gasteiger partial charge on any atom is -0.303 e. The molecular weight excluding hydrogens is 386 g/mol. The van der Waals surface area contributed by atoms with E-state index in [2.05, 4.69) is 108 Å². The number of hydrogen-bond acceptors (Lipinski definition) is 1. The fraction of sp³-hybridized carbons (Fsp3) is 0.286. The molecule has 1 fully saturated rings. The van der Waals surface area contributed by atoms with Gasteiger partial charge in [-0.15, -0.1) is 12.4 Å². The molecule has 2 heteroatoms. The van der Waals surface area contributed by atoms with Crippen LogP contribution in [0.15, 0.2) is 97.1 Å². The van der Waals surface area contributed by atoms with Gasteiger partial charge in [0.15, 0.2) is 0 Å². The summed E-state index contributed by atoms with van der Waals surface area (Å²) in [4.78, 5) is 2.64. The second kappa shape index (κ2) is 11.7. The topological polar surface area (TPSA) is 3.24 Å². The molecule has 1 aliphatic rings. The first kappa shape index (κ1) is 22.3. The molecule has 0 aliphatic carbocycles. The van der Waals surface area contributed by atoms with Crippen LogP contribution in [-0.2, 0) is 0 Å². The minimum absolute atomic E-state index is 0. The maximum Gasteiger partial charge on any atom is 0.0119 e. The fourth-order valence-corrected chi connectivity index (χ4v) is 4.61. The van der Waals surface area contributed by atoms with Crippen molar-refractivity contribution in [3.8, 4) is 0 Å². The van der Waals surface area contributed by atoms with Crippen LogP contribution in [0.2, 0.25) is 0 Å². The zero-order valence-electron chi connectivity index (χ0n) is 17.6. The lowest BCUT2D eigenvalue weighted by molar-refractivity contribution is 0.178. The quantitative estimate of drug-likeness (QED) is 0.397. The maximum absolute atomic E-state index is 2.64. The van der Waals surface area contributed by atoms with E-state index in [1.54, 1.807) is 0 Å². The van der Waals surface area contributed by atoms with Crippen molar-refractivity contribution in [2.24, 2.45) is 5.92 Å². The molecule has 30 heavy (non-hydrogen) atoms. The van der Waals surface area contributed by atoms with Crippen molar-refractivity contribution in [3.63, 3.8) is 0 Å². The van der Waals surface area contributed by atoms with Crippen LogP contribution in [0.5, 0.6) is 0 Å². The van der Waals surface area contributed by atoms with E-state index in [4.69, 9.17) is 0 Å². The minimum atomic E-state index is 0. The zero-order chi connectivity index (χ0) is 19.7. The third-order valence-electron chi connectivity index (χ3n) is 6.14. The number of halogens is 1. The highest BCUT2D eigenvalue weighted by Gasteiger charge is 2.28. The van der Waals surface area contributed by atoms with Crippen LogP contribution in [0, 0.1) is 5.92 Å². The molecule has 0 N–H and O–H groups in total. The largest absolute Gasteiger partial charge is 0.303 e. The van der Waals surface area contributed by atoms with Gasteiger partial charge in [-0.25, -0.2) is 0 Å². The average Bonchev–Trinajstić information content (AvgIpc) is 2.80. The molecule has 1 saturated heterocycles. The first-order valence-electron chi connectivity index (χ1n) is 10.9. The lowest BCUT2D eigenvalue weighted by atomic mass is 9.76. The predicted octanol–water partition coefficient (Wildman–Crippen LogP) is 7.06. The maximum atomic E-state index is 2.64. The number of piperidine rings is 1. The van der Waals surface area contributed by atoms with Gasteiger partial charge in [-0.3, -0.25) is 0 Å². The monoisotopic (exact) mass is 417 g/mol. The number of rotatable bonds is 7. The summed E-state index contributed by atoms with van der Waals surface area (Å²) in [5.74, 6) is 1.23. The highest BCUT2D eigenvalue weighted by atomic mass is 35.5. The first-order chi connectivity index (χ1) is 14.4. The van der Waals surface area contributed by atoms with E-state index in [1.165, 1.54) is 42.6 Å². The molecule has 0 amide bonds. The molecule has 1 aliphatic heterocycles. The van der Waals surface area contributed by atoms with Crippen molar-refractivity contribution in [2.75, 3.05) is 19.6 Å². The Hall–Kier alpha value is -2.35. The highest BCUT2D eigenvalue weighted by molar-refractivity contribution is 5.85. The van der Waals surface area contributed by atoms with Gasteiger partial charge in [0.25, 0.3) is 0 Å². The van der Waals surface area contributed by atoms with E-state index in [0.29, 0.717) is 5.92 Å². The average molecular weight is 418 g/mol. The summed E-state index contributed by atoms with van der Waals surface area (Å²) in [6.45, 7) is 3.58. The molecule has 0 bridgehead atoms. The summed E-state index contributed by atoms with van der Waals surface area (Å²) in [6, 6.07) is 32.8. The van der Waals surface area contributed by atoms with Gasteiger partial charge in [0.1, 0.15) is 0 Å². The second-order valence-corrected chi connectivity index (χ2v) is 8.08. The van der Waals surface area contributed by atoms with E-state index >= 15 is 0 Å². The van der Waals surface area contributed by atoms with Gasteiger partial charge in [0, 0.05) is 12.5 Å². The van der Waals surface area contributed by atoms with Crippen molar-refractivity contribution < 1.29 is 0 Å². The molecule has 3 aromatic rings. The van der Waals surface area contributed by atoms with Crippen LogP contribution in [-0.4, -0.2) is 24.5 Å². The standard InChI is InChI=1S/C28H31N.ClH/c1-4-12-24(13-5-1)14-10-11-21-29-22-19-27(20-23-29)28(25-15-6-2-7-16-25)26-17-8-3-9-18-26;/h1-10,12-18,27-28H,11,19-23H2;1H/b14-10+;. The lowest BCUT2D eigenvalue weighted by Crippen LogP contribution is -2.36. The molecular formula is C28H32ClN. The highest BCUT2D eigenvalue weighted by Crippen LogP contribution is 2.37. The summed E-state index contributed by atoms with van der Waals surface area (Å²) < 4.78 is 0. The molecule has 156 valence electrons. The van der Waals surface area contributed by atoms with Crippen molar-refractivity contribution >= 4 is 18.5 Å². The van der Waals surface area contributed by atoms with Gasteiger partial charge in [0.2, 0.25) is 0 Å². The summed E-state index contributed by atoms with van der Waals surface area (Å²) in [5.41, 5.74) is 4.21. The van der Waals surface area contributed by atoms with Crippen LogP contribution < -0.4 is 0 Å². The van der Waals surface area contributed by atoms with E-state index in [0.717, 1.165) is 18.9 Å². The number of nitrogens with zero attached hydrogens (tertiary/aromatic N) is 1. The Bertz CT molecular complexity index is 829. The van der Waals surface area contributed by atoms with Crippen molar-refractivity contribution in [1.29, 1.82) is 0 Å². The van der Waals surface area contributed by atoms with Gasteiger partial charge in [-0.1, -0.05) is 103 Å². The normalized spacial score (nSPS) is 15.4. The smallest absolute Gasteiger partial charge is 0.0119 e. The third-order valence-corrected chi connectivity index (χ3v) is 6.14. The Morgan fingerprint density at radius 1 is 0.733 bits per heavy atom. The summed E-state index contributed by atoms with van der Waals surface area (Å²) in [6.07, 6.45) is 8.24. The Morgan fingerprint density at radius 3 is 1.77 bits per heavy atom. The molecule has 0 aromatic heterocycles.